The second-order valence-corrected chi connectivity index (χ2v) is 5.20. The topological polar surface area (TPSA) is 61.0 Å². The predicted octanol–water partition coefficient (Wildman–Crippen LogP) is 3.31. The highest BCUT2D eigenvalue weighted by molar-refractivity contribution is 5.37. The molecule has 0 atom stereocenters. The molecule has 0 bridgehead atoms. The summed E-state index contributed by atoms with van der Waals surface area (Å²) >= 11 is 0. The van der Waals surface area contributed by atoms with Gasteiger partial charge in [0.25, 0.3) is 0 Å². The zero-order chi connectivity index (χ0) is 15.3. The Morgan fingerprint density at radius 3 is 2.33 bits per heavy atom. The van der Waals surface area contributed by atoms with E-state index in [0.717, 1.165) is 24.4 Å². The second kappa shape index (κ2) is 6.68. The number of aromatic nitrogens is 2. The Bertz CT molecular complexity index is 580. The molecule has 0 radical (unpaired) electrons. The van der Waals surface area contributed by atoms with Gasteiger partial charge in [-0.05, 0) is 18.4 Å². The SMILES string of the molecule is CCC(CC)(c1ccccc1)c1nc(N)cc(COC)n1. The molecule has 0 spiro atoms. The van der Waals surface area contributed by atoms with Crippen molar-refractivity contribution < 1.29 is 4.74 Å². The fourth-order valence-corrected chi connectivity index (χ4v) is 2.82. The van der Waals surface area contributed by atoms with Gasteiger partial charge in [-0.2, -0.15) is 0 Å². The number of hydrogen-bond acceptors (Lipinski definition) is 4. The summed E-state index contributed by atoms with van der Waals surface area (Å²) in [6.07, 6.45) is 1.84. The molecule has 0 fully saturated rings. The van der Waals surface area contributed by atoms with Gasteiger partial charge in [0.1, 0.15) is 11.6 Å². The molecule has 4 nitrogen and oxygen atoms in total. The molecule has 0 aliphatic heterocycles. The van der Waals surface area contributed by atoms with Crippen LogP contribution in [-0.2, 0) is 16.8 Å². The first kappa shape index (κ1) is 15.4. The number of ether oxygens (including phenoxy) is 1. The number of benzene rings is 1. The van der Waals surface area contributed by atoms with Gasteiger partial charge < -0.3 is 10.5 Å². The molecule has 0 aliphatic rings. The van der Waals surface area contributed by atoms with Crippen molar-refractivity contribution in [1.82, 2.24) is 9.97 Å². The van der Waals surface area contributed by atoms with Crippen molar-refractivity contribution >= 4 is 5.82 Å². The van der Waals surface area contributed by atoms with Gasteiger partial charge in [-0.25, -0.2) is 9.97 Å². The van der Waals surface area contributed by atoms with Crippen LogP contribution in [0.4, 0.5) is 5.82 Å². The predicted molar refractivity (Wildman–Crippen MR) is 85.0 cm³/mol. The van der Waals surface area contributed by atoms with Gasteiger partial charge in [0.2, 0.25) is 0 Å². The van der Waals surface area contributed by atoms with Crippen LogP contribution in [0, 0.1) is 0 Å². The quantitative estimate of drug-likeness (QED) is 0.884. The molecule has 0 unspecified atom stereocenters. The lowest BCUT2D eigenvalue weighted by atomic mass is 9.75. The summed E-state index contributed by atoms with van der Waals surface area (Å²) in [7, 11) is 1.65. The van der Waals surface area contributed by atoms with Gasteiger partial charge in [-0.3, -0.25) is 0 Å². The molecular formula is C17H23N3O. The summed E-state index contributed by atoms with van der Waals surface area (Å²) in [5, 5.41) is 0. The largest absolute Gasteiger partial charge is 0.384 e. The third-order valence-electron chi connectivity index (χ3n) is 4.05. The lowest BCUT2D eigenvalue weighted by Crippen LogP contribution is -2.29. The maximum absolute atomic E-state index is 5.97. The van der Waals surface area contributed by atoms with Crippen molar-refractivity contribution in [3.63, 3.8) is 0 Å². The Labute approximate surface area is 126 Å². The third-order valence-corrected chi connectivity index (χ3v) is 4.05. The van der Waals surface area contributed by atoms with Crippen LogP contribution in [0.5, 0.6) is 0 Å². The fourth-order valence-electron chi connectivity index (χ4n) is 2.82. The van der Waals surface area contributed by atoms with Crippen LogP contribution in [0.1, 0.15) is 43.8 Å². The van der Waals surface area contributed by atoms with Gasteiger partial charge in [-0.1, -0.05) is 44.2 Å². The highest BCUT2D eigenvalue weighted by Crippen LogP contribution is 2.37. The van der Waals surface area contributed by atoms with E-state index in [1.54, 1.807) is 13.2 Å². The number of anilines is 1. The van der Waals surface area contributed by atoms with Gasteiger partial charge >= 0.3 is 0 Å². The highest BCUT2D eigenvalue weighted by Gasteiger charge is 2.34. The highest BCUT2D eigenvalue weighted by atomic mass is 16.5. The van der Waals surface area contributed by atoms with E-state index in [0.29, 0.717) is 12.4 Å². The Balaban J connectivity index is 2.57. The van der Waals surface area contributed by atoms with E-state index in [4.69, 9.17) is 15.5 Å². The number of methoxy groups -OCH3 is 1. The molecule has 2 rings (SSSR count). The lowest BCUT2D eigenvalue weighted by Gasteiger charge is -2.31. The summed E-state index contributed by atoms with van der Waals surface area (Å²) in [5.41, 5.74) is 7.81. The minimum absolute atomic E-state index is 0.209. The minimum Gasteiger partial charge on any atom is -0.384 e. The van der Waals surface area contributed by atoms with Crippen LogP contribution in [0.15, 0.2) is 36.4 Å². The average Bonchev–Trinajstić information content (AvgIpc) is 2.50. The summed E-state index contributed by atoms with van der Waals surface area (Å²) in [6, 6.07) is 12.2. The number of hydrogen-bond donors (Lipinski definition) is 1. The van der Waals surface area contributed by atoms with E-state index in [2.05, 4.69) is 43.1 Å². The van der Waals surface area contributed by atoms with E-state index >= 15 is 0 Å². The molecule has 0 aliphatic carbocycles. The maximum Gasteiger partial charge on any atom is 0.141 e. The Morgan fingerprint density at radius 1 is 1.10 bits per heavy atom. The number of rotatable bonds is 6. The molecule has 1 heterocycles. The normalized spacial score (nSPS) is 11.6. The Kier molecular flexibility index (Phi) is 4.91. The maximum atomic E-state index is 5.97. The van der Waals surface area contributed by atoms with E-state index < -0.39 is 0 Å². The van der Waals surface area contributed by atoms with Crippen molar-refractivity contribution in [2.24, 2.45) is 0 Å². The zero-order valence-corrected chi connectivity index (χ0v) is 13.0. The van der Waals surface area contributed by atoms with Crippen molar-refractivity contribution in [2.75, 3.05) is 12.8 Å². The summed E-state index contributed by atoms with van der Waals surface area (Å²) in [6.45, 7) is 4.77. The number of nitrogens with zero attached hydrogens (tertiary/aromatic N) is 2. The molecule has 0 amide bonds. The third kappa shape index (κ3) is 3.05. The monoisotopic (exact) mass is 285 g/mol. The molecule has 4 heteroatoms. The van der Waals surface area contributed by atoms with E-state index in [1.165, 1.54) is 5.56 Å². The van der Waals surface area contributed by atoms with Crippen molar-refractivity contribution in [3.05, 3.63) is 53.5 Å². The summed E-state index contributed by atoms with van der Waals surface area (Å²) in [5.74, 6) is 1.28. The lowest BCUT2D eigenvalue weighted by molar-refractivity contribution is 0.181. The minimum atomic E-state index is -0.209. The van der Waals surface area contributed by atoms with E-state index in [-0.39, 0.29) is 5.41 Å². The Hall–Kier alpha value is -1.94. The molecule has 2 aromatic rings. The molecule has 1 aromatic heterocycles. The molecular weight excluding hydrogens is 262 g/mol. The van der Waals surface area contributed by atoms with Crippen molar-refractivity contribution in [2.45, 2.75) is 38.7 Å². The van der Waals surface area contributed by atoms with Crippen LogP contribution >= 0.6 is 0 Å². The fraction of sp³-hybridized carbons (Fsp3) is 0.412. The molecule has 2 N–H and O–H groups in total. The zero-order valence-electron chi connectivity index (χ0n) is 13.0. The average molecular weight is 285 g/mol. The first-order chi connectivity index (χ1) is 10.2. The van der Waals surface area contributed by atoms with Crippen LogP contribution in [0.3, 0.4) is 0 Å². The molecule has 112 valence electrons. The molecule has 1 aromatic carbocycles. The number of nitrogens with two attached hydrogens (primary N) is 1. The summed E-state index contributed by atoms with van der Waals surface area (Å²) < 4.78 is 5.18. The van der Waals surface area contributed by atoms with Gasteiger partial charge in [-0.15, -0.1) is 0 Å². The van der Waals surface area contributed by atoms with E-state index in [9.17, 15) is 0 Å². The smallest absolute Gasteiger partial charge is 0.141 e. The van der Waals surface area contributed by atoms with E-state index in [1.807, 2.05) is 6.07 Å². The summed E-state index contributed by atoms with van der Waals surface area (Å²) in [4.78, 5) is 9.22. The number of nitrogen functional groups attached to an aromatic ring is 1. The van der Waals surface area contributed by atoms with Crippen molar-refractivity contribution in [1.29, 1.82) is 0 Å². The second-order valence-electron chi connectivity index (χ2n) is 5.20. The van der Waals surface area contributed by atoms with Crippen LogP contribution in [0.2, 0.25) is 0 Å². The van der Waals surface area contributed by atoms with Gasteiger partial charge in [0.05, 0.1) is 17.7 Å². The first-order valence-corrected chi connectivity index (χ1v) is 7.34. The van der Waals surface area contributed by atoms with Gasteiger partial charge in [0, 0.05) is 13.2 Å². The van der Waals surface area contributed by atoms with Crippen molar-refractivity contribution in [3.8, 4) is 0 Å². The molecule has 21 heavy (non-hydrogen) atoms. The van der Waals surface area contributed by atoms with Gasteiger partial charge in [0.15, 0.2) is 0 Å². The standard InChI is InChI=1S/C17H23N3O/c1-4-17(5-2,13-9-7-6-8-10-13)16-19-14(12-21-3)11-15(18)20-16/h6-11H,4-5,12H2,1-3H3,(H2,18,19,20). The van der Waals surface area contributed by atoms with Crippen LogP contribution in [-0.4, -0.2) is 17.1 Å². The van der Waals surface area contributed by atoms with Crippen LogP contribution in [0.25, 0.3) is 0 Å². The van der Waals surface area contributed by atoms with Crippen LogP contribution < -0.4 is 5.73 Å². The molecule has 0 saturated heterocycles. The first-order valence-electron chi connectivity index (χ1n) is 7.34. The Morgan fingerprint density at radius 2 is 1.76 bits per heavy atom. The molecule has 0 saturated carbocycles.